The topological polar surface area (TPSA) is 49.6 Å². The van der Waals surface area contributed by atoms with Crippen molar-refractivity contribution in [1.29, 1.82) is 0 Å². The molecule has 6 heteroatoms. The monoisotopic (exact) mass is 349 g/mol. The van der Waals surface area contributed by atoms with Crippen LogP contribution in [0.25, 0.3) is 0 Å². The fraction of sp³-hybridized carbons (Fsp3) is 0.778. The SMILES string of the molecule is O=C(c1cc(C2CC2)on1)N1CCCSCC1CN1CCCCC1. The second kappa shape index (κ2) is 7.48. The zero-order valence-electron chi connectivity index (χ0n) is 14.3. The number of piperidine rings is 1. The molecule has 0 bridgehead atoms. The Morgan fingerprint density at radius 2 is 2.04 bits per heavy atom. The molecule has 3 fully saturated rings. The van der Waals surface area contributed by atoms with Crippen molar-refractivity contribution in [3.63, 3.8) is 0 Å². The van der Waals surface area contributed by atoms with E-state index in [1.165, 1.54) is 45.2 Å². The molecule has 1 saturated carbocycles. The Balaban J connectivity index is 1.46. The van der Waals surface area contributed by atoms with Crippen LogP contribution >= 0.6 is 11.8 Å². The van der Waals surface area contributed by atoms with Gasteiger partial charge in [0.25, 0.3) is 5.91 Å². The maximum Gasteiger partial charge on any atom is 0.276 e. The normalized spacial score (nSPS) is 26.3. The van der Waals surface area contributed by atoms with Gasteiger partial charge in [-0.2, -0.15) is 11.8 Å². The zero-order valence-corrected chi connectivity index (χ0v) is 15.1. The van der Waals surface area contributed by atoms with Crippen LogP contribution in [0.15, 0.2) is 10.6 Å². The number of thioether (sulfide) groups is 1. The quantitative estimate of drug-likeness (QED) is 0.836. The fourth-order valence-electron chi connectivity index (χ4n) is 3.79. The molecule has 2 saturated heterocycles. The predicted octanol–water partition coefficient (Wildman–Crippen LogP) is 2.99. The summed E-state index contributed by atoms with van der Waals surface area (Å²) in [6, 6.07) is 2.18. The maximum absolute atomic E-state index is 13.0. The van der Waals surface area contributed by atoms with E-state index in [-0.39, 0.29) is 5.91 Å². The average molecular weight is 350 g/mol. The van der Waals surface area contributed by atoms with Crippen molar-refractivity contribution in [2.75, 3.05) is 37.7 Å². The molecular formula is C18H27N3O2S. The fourth-order valence-corrected chi connectivity index (χ4v) is 4.84. The number of aromatic nitrogens is 1. The molecule has 132 valence electrons. The molecule has 2 aliphatic heterocycles. The third kappa shape index (κ3) is 3.80. The van der Waals surface area contributed by atoms with E-state index >= 15 is 0 Å². The van der Waals surface area contributed by atoms with E-state index in [0.717, 1.165) is 36.8 Å². The van der Waals surface area contributed by atoms with Gasteiger partial charge < -0.3 is 14.3 Å². The van der Waals surface area contributed by atoms with Gasteiger partial charge in [-0.15, -0.1) is 0 Å². The minimum Gasteiger partial charge on any atom is -0.360 e. The number of hydrogen-bond acceptors (Lipinski definition) is 5. The summed E-state index contributed by atoms with van der Waals surface area (Å²) in [5, 5.41) is 4.08. The highest BCUT2D eigenvalue weighted by Crippen LogP contribution is 2.40. The Kier molecular flexibility index (Phi) is 5.13. The number of carbonyl (C=O) groups is 1. The molecule has 1 amide bonds. The van der Waals surface area contributed by atoms with Crippen LogP contribution in [0.4, 0.5) is 0 Å². The lowest BCUT2D eigenvalue weighted by atomic mass is 10.1. The summed E-state index contributed by atoms with van der Waals surface area (Å²) < 4.78 is 5.40. The Bertz CT molecular complexity index is 566. The highest BCUT2D eigenvalue weighted by atomic mass is 32.2. The number of rotatable bonds is 4. The third-order valence-corrected chi connectivity index (χ3v) is 6.54. The van der Waals surface area contributed by atoms with Gasteiger partial charge in [-0.25, -0.2) is 0 Å². The molecule has 24 heavy (non-hydrogen) atoms. The summed E-state index contributed by atoms with van der Waals surface area (Å²) in [6.07, 6.45) is 7.34. The second-order valence-electron chi connectivity index (χ2n) is 7.33. The van der Waals surface area contributed by atoms with Crippen LogP contribution in [-0.2, 0) is 0 Å². The molecule has 1 atom stereocenters. The van der Waals surface area contributed by atoms with Gasteiger partial charge in [0.1, 0.15) is 5.76 Å². The van der Waals surface area contributed by atoms with Crippen molar-refractivity contribution in [1.82, 2.24) is 15.0 Å². The molecule has 4 rings (SSSR count). The van der Waals surface area contributed by atoms with Crippen LogP contribution in [-0.4, -0.2) is 64.6 Å². The van der Waals surface area contributed by atoms with E-state index < -0.39 is 0 Å². The molecule has 1 aromatic heterocycles. The van der Waals surface area contributed by atoms with Crippen LogP contribution < -0.4 is 0 Å². The Morgan fingerprint density at radius 1 is 1.21 bits per heavy atom. The smallest absolute Gasteiger partial charge is 0.276 e. The third-order valence-electron chi connectivity index (χ3n) is 5.34. The number of likely N-dealkylation sites (tertiary alicyclic amines) is 1. The first-order valence-electron chi connectivity index (χ1n) is 9.39. The van der Waals surface area contributed by atoms with Gasteiger partial charge >= 0.3 is 0 Å². The molecule has 0 radical (unpaired) electrons. The minimum atomic E-state index is 0.0650. The van der Waals surface area contributed by atoms with E-state index in [1.807, 2.05) is 17.8 Å². The first-order valence-corrected chi connectivity index (χ1v) is 10.5. The van der Waals surface area contributed by atoms with Gasteiger partial charge in [0.15, 0.2) is 5.69 Å². The van der Waals surface area contributed by atoms with Gasteiger partial charge in [-0.05, 0) is 50.9 Å². The number of carbonyl (C=O) groups excluding carboxylic acids is 1. The van der Waals surface area contributed by atoms with Gasteiger partial charge in [0, 0.05) is 30.8 Å². The Labute approximate surface area is 148 Å². The van der Waals surface area contributed by atoms with Gasteiger partial charge in [-0.1, -0.05) is 11.6 Å². The van der Waals surface area contributed by atoms with Crippen molar-refractivity contribution in [2.24, 2.45) is 0 Å². The summed E-state index contributed by atoms with van der Waals surface area (Å²) in [6.45, 7) is 4.21. The summed E-state index contributed by atoms with van der Waals surface area (Å²) in [5.41, 5.74) is 0.507. The van der Waals surface area contributed by atoms with Crippen molar-refractivity contribution < 1.29 is 9.32 Å². The van der Waals surface area contributed by atoms with Crippen molar-refractivity contribution >= 4 is 17.7 Å². The first kappa shape index (κ1) is 16.5. The van der Waals surface area contributed by atoms with Crippen molar-refractivity contribution in [2.45, 2.75) is 50.5 Å². The lowest BCUT2D eigenvalue weighted by molar-refractivity contribution is 0.0635. The summed E-state index contributed by atoms with van der Waals surface area (Å²) in [4.78, 5) is 17.6. The van der Waals surface area contributed by atoms with Crippen LogP contribution in [0.3, 0.4) is 0 Å². The maximum atomic E-state index is 13.0. The van der Waals surface area contributed by atoms with Crippen molar-refractivity contribution in [3.05, 3.63) is 17.5 Å². The highest BCUT2D eigenvalue weighted by Gasteiger charge is 2.33. The summed E-state index contributed by atoms with van der Waals surface area (Å²) >= 11 is 1.98. The molecule has 0 aromatic carbocycles. The lowest BCUT2D eigenvalue weighted by Crippen LogP contribution is -2.49. The molecule has 1 aromatic rings. The van der Waals surface area contributed by atoms with Crippen molar-refractivity contribution in [3.8, 4) is 0 Å². The molecule has 3 heterocycles. The van der Waals surface area contributed by atoms with E-state index in [0.29, 0.717) is 17.7 Å². The standard InChI is InChI=1S/C18H27N3O2S/c22-18(16-11-17(23-19-16)14-5-6-14)21-9-4-10-24-13-15(21)12-20-7-2-1-3-8-20/h11,14-15H,1-10,12-13H2. The second-order valence-corrected chi connectivity index (χ2v) is 8.48. The molecule has 3 aliphatic rings. The van der Waals surface area contributed by atoms with E-state index in [2.05, 4.69) is 15.0 Å². The number of amides is 1. The van der Waals surface area contributed by atoms with E-state index in [4.69, 9.17) is 4.52 Å². The molecule has 1 unspecified atom stereocenters. The number of nitrogens with zero attached hydrogens (tertiary/aromatic N) is 3. The molecule has 1 aliphatic carbocycles. The van der Waals surface area contributed by atoms with Gasteiger partial charge in [0.2, 0.25) is 0 Å². The first-order chi connectivity index (χ1) is 11.8. The lowest BCUT2D eigenvalue weighted by Gasteiger charge is -2.35. The van der Waals surface area contributed by atoms with Crippen LogP contribution in [0.1, 0.15) is 60.7 Å². The Morgan fingerprint density at radius 3 is 2.83 bits per heavy atom. The van der Waals surface area contributed by atoms with Crippen LogP contribution in [0.5, 0.6) is 0 Å². The van der Waals surface area contributed by atoms with Gasteiger partial charge in [0.05, 0.1) is 6.04 Å². The largest absolute Gasteiger partial charge is 0.360 e. The van der Waals surface area contributed by atoms with Gasteiger partial charge in [-0.3, -0.25) is 4.79 Å². The van der Waals surface area contributed by atoms with Crippen LogP contribution in [0, 0.1) is 0 Å². The molecular weight excluding hydrogens is 322 g/mol. The molecule has 0 spiro atoms. The average Bonchev–Trinajstić information content (AvgIpc) is 3.38. The van der Waals surface area contributed by atoms with E-state index in [1.54, 1.807) is 0 Å². The van der Waals surface area contributed by atoms with E-state index in [9.17, 15) is 4.79 Å². The predicted molar refractivity (Wildman–Crippen MR) is 95.5 cm³/mol. The molecule has 0 N–H and O–H groups in total. The number of hydrogen-bond donors (Lipinski definition) is 0. The zero-order chi connectivity index (χ0) is 16.4. The summed E-state index contributed by atoms with van der Waals surface area (Å²) in [7, 11) is 0. The minimum absolute atomic E-state index is 0.0650. The summed E-state index contributed by atoms with van der Waals surface area (Å²) in [5.74, 6) is 3.65. The van der Waals surface area contributed by atoms with Crippen LogP contribution in [0.2, 0.25) is 0 Å². The Hall–Kier alpha value is -1.01. The highest BCUT2D eigenvalue weighted by molar-refractivity contribution is 7.99. The molecule has 5 nitrogen and oxygen atoms in total.